The Morgan fingerprint density at radius 3 is 2.79 bits per heavy atom. The maximum atomic E-state index is 13.0. The molecule has 0 spiro atoms. The van der Waals surface area contributed by atoms with Gasteiger partial charge in [-0.2, -0.15) is 0 Å². The van der Waals surface area contributed by atoms with Crippen molar-refractivity contribution in [2.24, 2.45) is 0 Å². The van der Waals surface area contributed by atoms with Crippen molar-refractivity contribution in [1.82, 2.24) is 4.98 Å². The summed E-state index contributed by atoms with van der Waals surface area (Å²) in [6.07, 6.45) is 1.43. The van der Waals surface area contributed by atoms with Gasteiger partial charge in [0, 0.05) is 10.7 Å². The van der Waals surface area contributed by atoms with Crippen LogP contribution in [0.2, 0.25) is 5.02 Å². The van der Waals surface area contributed by atoms with E-state index in [2.05, 4.69) is 20.9 Å². The van der Waals surface area contributed by atoms with Crippen LogP contribution in [0, 0.1) is 15.9 Å². The monoisotopic (exact) mass is 346 g/mol. The van der Waals surface area contributed by atoms with Gasteiger partial charge >= 0.3 is 5.69 Å². The number of halogens is 3. The quantitative estimate of drug-likeness (QED) is 0.612. The van der Waals surface area contributed by atoms with Crippen LogP contribution in [0.3, 0.4) is 0 Å². The summed E-state index contributed by atoms with van der Waals surface area (Å²) in [6.45, 7) is 0. The SMILES string of the molecule is O=[N+]([O-])c1cc(F)ccc1Oc1ncc(Br)cc1Cl. The van der Waals surface area contributed by atoms with Gasteiger partial charge in [0.15, 0.2) is 0 Å². The van der Waals surface area contributed by atoms with E-state index in [1.165, 1.54) is 12.3 Å². The summed E-state index contributed by atoms with van der Waals surface area (Å²) in [5, 5.41) is 11.0. The summed E-state index contributed by atoms with van der Waals surface area (Å²) in [7, 11) is 0. The Balaban J connectivity index is 2.40. The molecule has 0 saturated carbocycles. The highest BCUT2D eigenvalue weighted by molar-refractivity contribution is 9.10. The van der Waals surface area contributed by atoms with Gasteiger partial charge in [0.1, 0.15) is 10.8 Å². The van der Waals surface area contributed by atoms with Crippen molar-refractivity contribution in [1.29, 1.82) is 0 Å². The first-order valence-electron chi connectivity index (χ1n) is 4.90. The molecule has 0 bridgehead atoms. The fraction of sp³-hybridized carbons (Fsp3) is 0. The maximum absolute atomic E-state index is 13.0. The molecule has 0 N–H and O–H groups in total. The Hall–Kier alpha value is -1.73. The van der Waals surface area contributed by atoms with Crippen molar-refractivity contribution in [2.75, 3.05) is 0 Å². The number of nitro groups is 1. The van der Waals surface area contributed by atoms with Crippen LogP contribution in [0.25, 0.3) is 0 Å². The first kappa shape index (κ1) is 13.7. The number of hydrogen-bond acceptors (Lipinski definition) is 4. The number of aromatic nitrogens is 1. The molecule has 8 heteroatoms. The Labute approximate surface area is 120 Å². The molecule has 0 saturated heterocycles. The molecule has 5 nitrogen and oxygen atoms in total. The second kappa shape index (κ2) is 5.50. The minimum atomic E-state index is -0.745. The third-order valence-electron chi connectivity index (χ3n) is 2.10. The number of hydrogen-bond donors (Lipinski definition) is 0. The van der Waals surface area contributed by atoms with Crippen LogP contribution in [-0.2, 0) is 0 Å². The number of rotatable bonds is 3. The molecule has 0 aliphatic rings. The first-order valence-corrected chi connectivity index (χ1v) is 6.07. The zero-order valence-electron chi connectivity index (χ0n) is 9.14. The van der Waals surface area contributed by atoms with Crippen LogP contribution in [0.1, 0.15) is 0 Å². The molecule has 1 heterocycles. The van der Waals surface area contributed by atoms with Crippen molar-refractivity contribution in [3.8, 4) is 11.6 Å². The van der Waals surface area contributed by atoms with E-state index >= 15 is 0 Å². The standard InChI is InChI=1S/C11H5BrClFN2O3/c12-6-3-8(13)11(15-5-6)19-10-2-1-7(14)4-9(10)16(17)18/h1-5H. The molecule has 1 aromatic heterocycles. The molecule has 0 atom stereocenters. The third kappa shape index (κ3) is 3.18. The van der Waals surface area contributed by atoms with E-state index in [9.17, 15) is 14.5 Å². The second-order valence-corrected chi connectivity index (χ2v) is 4.73. The lowest BCUT2D eigenvalue weighted by atomic mass is 10.3. The van der Waals surface area contributed by atoms with E-state index in [0.717, 1.165) is 18.2 Å². The smallest absolute Gasteiger partial charge is 0.314 e. The number of nitro benzene ring substituents is 1. The van der Waals surface area contributed by atoms with E-state index in [1.807, 2.05) is 0 Å². The van der Waals surface area contributed by atoms with Gasteiger partial charge in [-0.25, -0.2) is 9.37 Å². The predicted molar refractivity (Wildman–Crippen MR) is 70.1 cm³/mol. The van der Waals surface area contributed by atoms with Gasteiger partial charge in [0.05, 0.1) is 11.0 Å². The van der Waals surface area contributed by atoms with E-state index in [1.54, 1.807) is 0 Å². The molecule has 2 aromatic rings. The summed E-state index contributed by atoms with van der Waals surface area (Å²) < 4.78 is 18.8. The van der Waals surface area contributed by atoms with Crippen LogP contribution in [0.15, 0.2) is 34.9 Å². The third-order valence-corrected chi connectivity index (χ3v) is 2.80. The van der Waals surface area contributed by atoms with Gasteiger partial charge in [-0.15, -0.1) is 0 Å². The zero-order valence-corrected chi connectivity index (χ0v) is 11.5. The fourth-order valence-electron chi connectivity index (χ4n) is 1.30. The van der Waals surface area contributed by atoms with E-state index in [-0.39, 0.29) is 16.7 Å². The minimum absolute atomic E-state index is 0.000394. The van der Waals surface area contributed by atoms with Gasteiger partial charge in [-0.3, -0.25) is 10.1 Å². The average molecular weight is 348 g/mol. The lowest BCUT2D eigenvalue weighted by Crippen LogP contribution is -1.96. The molecule has 1 aromatic carbocycles. The molecule has 0 aliphatic heterocycles. The van der Waals surface area contributed by atoms with Crippen LogP contribution in [-0.4, -0.2) is 9.91 Å². The Bertz CT molecular complexity index is 654. The van der Waals surface area contributed by atoms with Crippen molar-refractivity contribution in [2.45, 2.75) is 0 Å². The highest BCUT2D eigenvalue weighted by atomic mass is 79.9. The molecular weight excluding hydrogens is 342 g/mol. The first-order chi connectivity index (χ1) is 8.97. The second-order valence-electron chi connectivity index (χ2n) is 3.41. The maximum Gasteiger partial charge on any atom is 0.314 e. The number of benzene rings is 1. The summed E-state index contributed by atoms with van der Waals surface area (Å²) in [6, 6.07) is 4.49. The van der Waals surface area contributed by atoms with Crippen LogP contribution < -0.4 is 4.74 Å². The van der Waals surface area contributed by atoms with Gasteiger partial charge < -0.3 is 4.74 Å². The van der Waals surface area contributed by atoms with Gasteiger partial charge in [-0.1, -0.05) is 11.6 Å². The average Bonchev–Trinajstić information content (AvgIpc) is 2.34. The lowest BCUT2D eigenvalue weighted by Gasteiger charge is -2.07. The lowest BCUT2D eigenvalue weighted by molar-refractivity contribution is -0.385. The number of ether oxygens (including phenoxy) is 1. The summed E-state index contributed by atoms with van der Waals surface area (Å²) in [4.78, 5) is 13.9. The molecule has 0 fully saturated rings. The van der Waals surface area contributed by atoms with Gasteiger partial charge in [-0.05, 0) is 34.1 Å². The predicted octanol–water partition coefficient (Wildman–Crippen LogP) is 4.34. The fourth-order valence-corrected chi connectivity index (χ4v) is 1.97. The number of nitrogens with zero attached hydrogens (tertiary/aromatic N) is 2. The van der Waals surface area contributed by atoms with E-state index in [0.29, 0.717) is 4.47 Å². The summed E-state index contributed by atoms with van der Waals surface area (Å²) in [5.74, 6) is -0.864. The molecule has 0 unspecified atom stereocenters. The molecule has 2 rings (SSSR count). The van der Waals surface area contributed by atoms with Crippen LogP contribution in [0.5, 0.6) is 11.6 Å². The molecule has 0 amide bonds. The van der Waals surface area contributed by atoms with Crippen molar-refractivity contribution in [3.63, 3.8) is 0 Å². The molecule has 19 heavy (non-hydrogen) atoms. The van der Waals surface area contributed by atoms with Gasteiger partial charge in [0.25, 0.3) is 0 Å². The van der Waals surface area contributed by atoms with E-state index < -0.39 is 16.4 Å². The molecule has 0 aliphatic carbocycles. The Morgan fingerprint density at radius 1 is 1.42 bits per heavy atom. The van der Waals surface area contributed by atoms with Crippen molar-refractivity contribution < 1.29 is 14.1 Å². The van der Waals surface area contributed by atoms with Gasteiger partial charge in [0.2, 0.25) is 11.6 Å². The normalized spacial score (nSPS) is 10.3. The summed E-state index contributed by atoms with van der Waals surface area (Å²) >= 11 is 9.05. The van der Waals surface area contributed by atoms with Crippen molar-refractivity contribution >= 4 is 33.2 Å². The van der Waals surface area contributed by atoms with Crippen LogP contribution in [0.4, 0.5) is 10.1 Å². The van der Waals surface area contributed by atoms with Crippen molar-refractivity contribution in [3.05, 3.63) is 55.9 Å². The minimum Gasteiger partial charge on any atom is -0.430 e. The zero-order chi connectivity index (χ0) is 14.0. The Morgan fingerprint density at radius 2 is 2.16 bits per heavy atom. The highest BCUT2D eigenvalue weighted by Gasteiger charge is 2.18. The molecule has 98 valence electrons. The molecular formula is C11H5BrClFN2O3. The topological polar surface area (TPSA) is 65.3 Å². The largest absolute Gasteiger partial charge is 0.430 e. The number of pyridine rings is 1. The Kier molecular flexibility index (Phi) is 3.96. The summed E-state index contributed by atoms with van der Waals surface area (Å²) in [5.41, 5.74) is -0.499. The van der Waals surface area contributed by atoms with E-state index in [4.69, 9.17) is 16.3 Å². The highest BCUT2D eigenvalue weighted by Crippen LogP contribution is 2.34. The molecule has 0 radical (unpaired) electrons. The van der Waals surface area contributed by atoms with Crippen LogP contribution >= 0.6 is 27.5 Å².